The molecule has 0 N–H and O–H groups in total. The van der Waals surface area contributed by atoms with Gasteiger partial charge in [-0.1, -0.05) is 18.2 Å². The molecule has 2 aromatic carbocycles. The van der Waals surface area contributed by atoms with Gasteiger partial charge in [0, 0.05) is 18.5 Å². The van der Waals surface area contributed by atoms with Crippen LogP contribution >= 0.6 is 11.8 Å². The van der Waals surface area contributed by atoms with Gasteiger partial charge in [-0.05, 0) is 48.6 Å². The van der Waals surface area contributed by atoms with Gasteiger partial charge in [0.15, 0.2) is 18.1 Å². The summed E-state index contributed by atoms with van der Waals surface area (Å²) in [6.07, 6.45) is 2.04. The van der Waals surface area contributed by atoms with Gasteiger partial charge in [-0.2, -0.15) is 0 Å². The first-order valence-corrected chi connectivity index (χ1v) is 8.90. The molecule has 4 nitrogen and oxygen atoms in total. The topological polar surface area (TPSA) is 38.8 Å². The van der Waals surface area contributed by atoms with Crippen LogP contribution in [0, 0.1) is 6.92 Å². The van der Waals surface area contributed by atoms with Gasteiger partial charge in [0.05, 0.1) is 7.11 Å². The number of rotatable bonds is 7. The summed E-state index contributed by atoms with van der Waals surface area (Å²) in [5, 5.41) is 0. The molecule has 0 saturated heterocycles. The molecule has 5 heteroatoms. The van der Waals surface area contributed by atoms with Gasteiger partial charge in [0.1, 0.15) is 0 Å². The van der Waals surface area contributed by atoms with Gasteiger partial charge >= 0.3 is 0 Å². The number of benzene rings is 2. The molecule has 0 fully saturated rings. The number of thioether (sulfide) groups is 1. The predicted octanol–water partition coefficient (Wildman–Crippen LogP) is 3.76. The molecule has 0 bridgehead atoms. The van der Waals surface area contributed by atoms with E-state index in [1.165, 1.54) is 4.90 Å². The normalized spacial score (nSPS) is 10.3. The number of ether oxygens (including phenoxy) is 2. The molecule has 24 heavy (non-hydrogen) atoms. The van der Waals surface area contributed by atoms with Crippen molar-refractivity contribution in [3.05, 3.63) is 53.6 Å². The van der Waals surface area contributed by atoms with E-state index in [1.54, 1.807) is 30.8 Å². The van der Waals surface area contributed by atoms with Crippen LogP contribution in [0.1, 0.15) is 11.1 Å². The van der Waals surface area contributed by atoms with Crippen LogP contribution in [-0.2, 0) is 11.3 Å². The Labute approximate surface area is 147 Å². The van der Waals surface area contributed by atoms with E-state index >= 15 is 0 Å². The van der Waals surface area contributed by atoms with Crippen molar-refractivity contribution in [2.45, 2.75) is 18.4 Å². The van der Waals surface area contributed by atoms with Gasteiger partial charge < -0.3 is 14.4 Å². The first kappa shape index (κ1) is 18.2. The standard InChI is InChI=1S/C19H23NO3S/c1-14-5-10-17(18(11-14)22-3)23-13-19(21)20(2)12-15-6-8-16(24-4)9-7-15/h5-11H,12-13H2,1-4H3. The second kappa shape index (κ2) is 8.64. The van der Waals surface area contributed by atoms with Crippen LogP contribution in [0.3, 0.4) is 0 Å². The monoisotopic (exact) mass is 345 g/mol. The molecule has 0 aromatic heterocycles. The molecule has 0 aliphatic heterocycles. The number of methoxy groups -OCH3 is 1. The van der Waals surface area contributed by atoms with E-state index in [9.17, 15) is 4.79 Å². The number of nitrogens with zero attached hydrogens (tertiary/aromatic N) is 1. The van der Waals surface area contributed by atoms with Crippen molar-refractivity contribution in [1.29, 1.82) is 0 Å². The lowest BCUT2D eigenvalue weighted by Gasteiger charge is -2.18. The third-order valence-corrected chi connectivity index (χ3v) is 4.42. The fraction of sp³-hybridized carbons (Fsp3) is 0.316. The molecule has 0 radical (unpaired) electrons. The molecule has 128 valence electrons. The molecule has 1 amide bonds. The number of carbonyl (C=O) groups is 1. The van der Waals surface area contributed by atoms with Crippen LogP contribution in [0.2, 0.25) is 0 Å². The molecule has 2 rings (SSSR count). The van der Waals surface area contributed by atoms with Crippen molar-refractivity contribution in [1.82, 2.24) is 4.90 Å². The lowest BCUT2D eigenvalue weighted by Crippen LogP contribution is -2.31. The third kappa shape index (κ3) is 4.93. The van der Waals surface area contributed by atoms with Gasteiger partial charge in [0.25, 0.3) is 5.91 Å². The quantitative estimate of drug-likeness (QED) is 0.716. The Balaban J connectivity index is 1.91. The number of amides is 1. The molecule has 2 aromatic rings. The number of hydrogen-bond acceptors (Lipinski definition) is 4. The van der Waals surface area contributed by atoms with E-state index in [0.29, 0.717) is 18.0 Å². The second-order valence-corrected chi connectivity index (χ2v) is 6.42. The average Bonchev–Trinajstić information content (AvgIpc) is 2.60. The summed E-state index contributed by atoms with van der Waals surface area (Å²) in [5.74, 6) is 1.14. The lowest BCUT2D eigenvalue weighted by molar-refractivity contribution is -0.132. The van der Waals surface area contributed by atoms with Crippen molar-refractivity contribution >= 4 is 17.7 Å². The largest absolute Gasteiger partial charge is 0.493 e. The molecule has 0 saturated carbocycles. The molecular formula is C19H23NO3S. The summed E-state index contributed by atoms with van der Waals surface area (Å²) in [7, 11) is 3.37. The zero-order valence-electron chi connectivity index (χ0n) is 14.5. The first-order chi connectivity index (χ1) is 11.5. The highest BCUT2D eigenvalue weighted by molar-refractivity contribution is 7.98. The van der Waals surface area contributed by atoms with Gasteiger partial charge in [0.2, 0.25) is 0 Å². The van der Waals surface area contributed by atoms with E-state index in [-0.39, 0.29) is 12.5 Å². The molecule has 0 heterocycles. The maximum absolute atomic E-state index is 12.3. The minimum atomic E-state index is -0.0772. The molecule has 0 spiro atoms. The number of likely N-dealkylation sites (N-methyl/N-ethyl adjacent to an activating group) is 1. The Kier molecular flexibility index (Phi) is 6.55. The van der Waals surface area contributed by atoms with Crippen LogP contribution in [0.25, 0.3) is 0 Å². The highest BCUT2D eigenvalue weighted by Gasteiger charge is 2.12. The summed E-state index contributed by atoms with van der Waals surface area (Å²) in [6.45, 7) is 2.52. The van der Waals surface area contributed by atoms with Crippen LogP contribution < -0.4 is 9.47 Å². The Hall–Kier alpha value is -2.14. The third-order valence-electron chi connectivity index (χ3n) is 3.67. The van der Waals surface area contributed by atoms with Crippen molar-refractivity contribution in [2.75, 3.05) is 27.0 Å². The van der Waals surface area contributed by atoms with Crippen molar-refractivity contribution in [2.24, 2.45) is 0 Å². The lowest BCUT2D eigenvalue weighted by atomic mass is 10.2. The van der Waals surface area contributed by atoms with Crippen LogP contribution in [-0.4, -0.2) is 37.8 Å². The zero-order chi connectivity index (χ0) is 17.5. The predicted molar refractivity (Wildman–Crippen MR) is 97.9 cm³/mol. The molecule has 0 aliphatic rings. The SMILES string of the molecule is COc1cc(C)ccc1OCC(=O)N(C)Cc1ccc(SC)cc1. The smallest absolute Gasteiger partial charge is 0.260 e. The minimum Gasteiger partial charge on any atom is -0.493 e. The summed E-state index contributed by atoms with van der Waals surface area (Å²) >= 11 is 1.70. The summed E-state index contributed by atoms with van der Waals surface area (Å²) in [6, 6.07) is 13.8. The van der Waals surface area contributed by atoms with Gasteiger partial charge in [-0.3, -0.25) is 4.79 Å². The maximum Gasteiger partial charge on any atom is 0.260 e. The minimum absolute atomic E-state index is 0.0151. The maximum atomic E-state index is 12.3. The van der Waals surface area contributed by atoms with E-state index < -0.39 is 0 Å². The zero-order valence-corrected chi connectivity index (χ0v) is 15.4. The summed E-state index contributed by atoms with van der Waals surface area (Å²) < 4.78 is 10.9. The van der Waals surface area contributed by atoms with E-state index in [0.717, 1.165) is 11.1 Å². The molecule has 0 atom stereocenters. The first-order valence-electron chi connectivity index (χ1n) is 7.68. The summed E-state index contributed by atoms with van der Waals surface area (Å²) in [5.41, 5.74) is 2.17. The highest BCUT2D eigenvalue weighted by atomic mass is 32.2. The van der Waals surface area contributed by atoms with Crippen molar-refractivity contribution in [3.63, 3.8) is 0 Å². The molecular weight excluding hydrogens is 322 g/mol. The second-order valence-electron chi connectivity index (χ2n) is 5.54. The summed E-state index contributed by atoms with van der Waals surface area (Å²) in [4.78, 5) is 15.1. The number of carbonyl (C=O) groups excluding carboxylic acids is 1. The molecule has 0 aliphatic carbocycles. The average molecular weight is 345 g/mol. The van der Waals surface area contributed by atoms with Crippen molar-refractivity contribution in [3.8, 4) is 11.5 Å². The van der Waals surface area contributed by atoms with Gasteiger partial charge in [-0.25, -0.2) is 0 Å². The fourth-order valence-corrected chi connectivity index (χ4v) is 2.64. The van der Waals surface area contributed by atoms with Gasteiger partial charge in [-0.15, -0.1) is 11.8 Å². The number of aryl methyl sites for hydroxylation is 1. The Morgan fingerprint density at radius 3 is 2.46 bits per heavy atom. The van der Waals surface area contributed by atoms with E-state index in [2.05, 4.69) is 12.1 Å². The Bertz CT molecular complexity index is 686. The van der Waals surface area contributed by atoms with Crippen LogP contribution in [0.5, 0.6) is 11.5 Å². The van der Waals surface area contributed by atoms with E-state index in [1.807, 2.05) is 43.5 Å². The Morgan fingerprint density at radius 1 is 1.12 bits per heavy atom. The Morgan fingerprint density at radius 2 is 1.83 bits per heavy atom. The van der Waals surface area contributed by atoms with E-state index in [4.69, 9.17) is 9.47 Å². The fourth-order valence-electron chi connectivity index (χ4n) is 2.24. The highest BCUT2D eigenvalue weighted by Crippen LogP contribution is 2.27. The number of hydrogen-bond donors (Lipinski definition) is 0. The van der Waals surface area contributed by atoms with Crippen molar-refractivity contribution < 1.29 is 14.3 Å². The van der Waals surface area contributed by atoms with Crippen LogP contribution in [0.4, 0.5) is 0 Å². The van der Waals surface area contributed by atoms with Crippen LogP contribution in [0.15, 0.2) is 47.4 Å². The molecule has 0 unspecified atom stereocenters.